The molecule has 0 aliphatic carbocycles. The third-order valence-electron chi connectivity index (χ3n) is 1.43. The SMILES string of the molecule is C=C=C[Si](C)(C)O[Si](C)(C)C=C=C.[CH3-].[Pt]. The van der Waals surface area contributed by atoms with Crippen LogP contribution in [-0.4, -0.2) is 16.6 Å². The van der Waals surface area contributed by atoms with Gasteiger partial charge in [0.05, 0.1) is 0 Å². The molecule has 0 atom stereocenters. The van der Waals surface area contributed by atoms with E-state index in [1.165, 1.54) is 0 Å². The normalized spacial score (nSPS) is 9.87. The molecule has 0 aromatic rings. The minimum absolute atomic E-state index is 0. The van der Waals surface area contributed by atoms with Gasteiger partial charge in [0.1, 0.15) is 0 Å². The van der Waals surface area contributed by atoms with Crippen molar-refractivity contribution in [2.24, 2.45) is 0 Å². The molecule has 0 saturated heterocycles. The second-order valence-corrected chi connectivity index (χ2v) is 11.8. The van der Waals surface area contributed by atoms with Crippen LogP contribution in [0.1, 0.15) is 0 Å². The minimum atomic E-state index is -1.71. The van der Waals surface area contributed by atoms with Gasteiger partial charge >= 0.3 is 0 Å². The minimum Gasteiger partial charge on any atom is -0.449 e. The summed E-state index contributed by atoms with van der Waals surface area (Å²) in [6, 6.07) is 0. The van der Waals surface area contributed by atoms with E-state index < -0.39 is 16.6 Å². The zero-order valence-corrected chi connectivity index (χ0v) is 14.6. The molecule has 0 radical (unpaired) electrons. The van der Waals surface area contributed by atoms with E-state index in [0.717, 1.165) is 0 Å². The van der Waals surface area contributed by atoms with Gasteiger partial charge in [-0.15, -0.1) is 11.5 Å². The fourth-order valence-electron chi connectivity index (χ4n) is 1.23. The van der Waals surface area contributed by atoms with Gasteiger partial charge in [-0.3, -0.25) is 0 Å². The Kier molecular flexibility index (Phi) is 11.3. The smallest absolute Gasteiger partial charge is 0.206 e. The average Bonchev–Trinajstić information content (AvgIpc) is 1.82. The monoisotopic (exact) mass is 420 g/mol. The Hall–Kier alpha value is 0.122. The van der Waals surface area contributed by atoms with E-state index in [0.29, 0.717) is 0 Å². The molecule has 90 valence electrons. The van der Waals surface area contributed by atoms with Crippen molar-refractivity contribution >= 4 is 16.6 Å². The van der Waals surface area contributed by atoms with Crippen LogP contribution in [0.25, 0.3) is 0 Å². The van der Waals surface area contributed by atoms with Crippen molar-refractivity contribution in [3.8, 4) is 0 Å². The van der Waals surface area contributed by atoms with Crippen LogP contribution in [-0.2, 0) is 25.2 Å². The summed E-state index contributed by atoms with van der Waals surface area (Å²) in [7, 11) is -3.42. The molecule has 0 aromatic heterocycles. The second kappa shape index (κ2) is 8.29. The summed E-state index contributed by atoms with van der Waals surface area (Å²) in [6.07, 6.45) is 0. The van der Waals surface area contributed by atoms with Gasteiger partial charge in [0.15, 0.2) is 0 Å². The predicted molar refractivity (Wildman–Crippen MR) is 69.9 cm³/mol. The molecule has 0 rings (SSSR count). The molecule has 1 nitrogen and oxygen atoms in total. The Morgan fingerprint density at radius 2 is 1.20 bits per heavy atom. The molecule has 15 heavy (non-hydrogen) atoms. The first-order valence-electron chi connectivity index (χ1n) is 4.27. The molecule has 0 bridgehead atoms. The van der Waals surface area contributed by atoms with Gasteiger partial charge in [0.25, 0.3) is 0 Å². The molecule has 4 heteroatoms. The Morgan fingerprint density at radius 3 is 1.40 bits per heavy atom. The van der Waals surface area contributed by atoms with Crippen LogP contribution in [0, 0.1) is 7.43 Å². The van der Waals surface area contributed by atoms with E-state index in [1.54, 1.807) is 0 Å². The van der Waals surface area contributed by atoms with E-state index in [9.17, 15) is 0 Å². The van der Waals surface area contributed by atoms with Crippen molar-refractivity contribution in [2.45, 2.75) is 26.2 Å². The molecule has 0 saturated carbocycles. The van der Waals surface area contributed by atoms with Gasteiger partial charge in [-0.1, -0.05) is 13.2 Å². The van der Waals surface area contributed by atoms with E-state index in [2.05, 4.69) is 50.8 Å². The summed E-state index contributed by atoms with van der Waals surface area (Å²) in [5.41, 5.74) is 9.56. The summed E-state index contributed by atoms with van der Waals surface area (Å²) in [5.74, 6) is 0. The van der Waals surface area contributed by atoms with E-state index >= 15 is 0 Å². The van der Waals surface area contributed by atoms with Gasteiger partial charge < -0.3 is 11.5 Å². The maximum absolute atomic E-state index is 6.07. The zero-order valence-electron chi connectivity index (χ0n) is 10.3. The fourth-order valence-corrected chi connectivity index (χ4v) is 8.11. The molecule has 0 amide bonds. The van der Waals surface area contributed by atoms with Crippen molar-refractivity contribution in [1.82, 2.24) is 0 Å². The summed E-state index contributed by atoms with van der Waals surface area (Å²) < 4.78 is 6.07. The van der Waals surface area contributed by atoms with Crippen LogP contribution < -0.4 is 0 Å². The van der Waals surface area contributed by atoms with Crippen LogP contribution in [0.4, 0.5) is 0 Å². The molecular weight excluding hydrogens is 399 g/mol. The summed E-state index contributed by atoms with van der Waals surface area (Å²) in [5, 5.41) is 0. The third kappa shape index (κ3) is 10.4. The maximum atomic E-state index is 6.07. The van der Waals surface area contributed by atoms with Crippen molar-refractivity contribution < 1.29 is 25.2 Å². The molecule has 0 aliphatic rings. The average molecular weight is 421 g/mol. The van der Waals surface area contributed by atoms with Gasteiger partial charge in [-0.25, -0.2) is 0 Å². The number of hydrogen-bond acceptors (Lipinski definition) is 1. The van der Waals surface area contributed by atoms with Gasteiger partial charge in [0, 0.05) is 21.1 Å². The second-order valence-electron chi connectivity index (χ2n) is 4.01. The predicted octanol–water partition coefficient (Wildman–Crippen LogP) is 3.62. The quantitative estimate of drug-likeness (QED) is 0.384. The standard InChI is InChI=1S/C10H18OSi2.CH3.Pt/c1-7-9-12(3,4)11-13(5,6)10-8-2;;/h9-10H,1-2H2,3-6H3;1H3;/q;-1;. The van der Waals surface area contributed by atoms with Gasteiger partial charge in [0.2, 0.25) is 16.6 Å². The largest absolute Gasteiger partial charge is 0.449 e. The Labute approximate surface area is 111 Å². The van der Waals surface area contributed by atoms with E-state index in [1.807, 2.05) is 11.4 Å². The van der Waals surface area contributed by atoms with Crippen LogP contribution in [0.3, 0.4) is 0 Å². The number of rotatable bonds is 4. The number of hydrogen-bond donors (Lipinski definition) is 0. The molecule has 0 heterocycles. The van der Waals surface area contributed by atoms with Crippen LogP contribution in [0.15, 0.2) is 36.0 Å². The molecule has 0 N–H and O–H groups in total. The van der Waals surface area contributed by atoms with Gasteiger partial charge in [-0.05, 0) is 37.6 Å². The Morgan fingerprint density at radius 1 is 0.933 bits per heavy atom. The zero-order chi connectivity index (χ0) is 10.5. The van der Waals surface area contributed by atoms with Crippen molar-refractivity contribution in [1.29, 1.82) is 0 Å². The molecule has 0 unspecified atom stereocenters. The molecule has 0 aromatic carbocycles. The Bertz CT molecular complexity index is 244. The van der Waals surface area contributed by atoms with E-state index in [4.69, 9.17) is 4.12 Å². The van der Waals surface area contributed by atoms with Crippen molar-refractivity contribution in [3.63, 3.8) is 0 Å². The molecule has 0 aliphatic heterocycles. The Balaban J connectivity index is -0.000000720. The summed E-state index contributed by atoms with van der Waals surface area (Å²) in [6.45, 7) is 15.7. The van der Waals surface area contributed by atoms with Gasteiger partial charge in [-0.2, -0.15) is 0 Å². The van der Waals surface area contributed by atoms with E-state index in [-0.39, 0.29) is 28.5 Å². The first kappa shape index (κ1) is 20.5. The third-order valence-corrected chi connectivity index (χ3v) is 7.43. The molecule has 0 fully saturated rings. The van der Waals surface area contributed by atoms with Crippen molar-refractivity contribution in [3.05, 3.63) is 43.4 Å². The van der Waals surface area contributed by atoms with Crippen molar-refractivity contribution in [2.75, 3.05) is 0 Å². The van der Waals surface area contributed by atoms with Crippen LogP contribution >= 0.6 is 0 Å². The van der Waals surface area contributed by atoms with Crippen LogP contribution in [0.5, 0.6) is 0 Å². The summed E-state index contributed by atoms with van der Waals surface area (Å²) in [4.78, 5) is 0. The fraction of sp³-hybridized carbons (Fsp3) is 0.364. The topological polar surface area (TPSA) is 9.23 Å². The first-order valence-corrected chi connectivity index (χ1v) is 10.2. The first-order chi connectivity index (χ1) is 5.83. The molecule has 0 spiro atoms. The summed E-state index contributed by atoms with van der Waals surface area (Å²) >= 11 is 0. The maximum Gasteiger partial charge on any atom is 0.206 e. The molecular formula is C11H21OPtSi2-. The van der Waals surface area contributed by atoms with Crippen LogP contribution in [0.2, 0.25) is 26.2 Å².